The number of hydrogen-bond donors (Lipinski definition) is 5. The standard InChI is InChI=1S/C22H30N5O6PS/c1-22(2,3)10-12-27-21(29)18(19(28)16-7-6-11-26(16)27)20-23-15-9-8-14(25-35(5,31)32)13-17(15)34(30,24-20)33-4/h6-9,11,13,23,25,31-32H,10,12H2,1-5H3,(H,24,30). The van der Waals surface area contributed by atoms with Crippen molar-refractivity contribution in [2.45, 2.75) is 33.7 Å². The Labute approximate surface area is 203 Å². The van der Waals surface area contributed by atoms with E-state index in [-0.39, 0.29) is 21.8 Å². The Morgan fingerprint density at radius 1 is 1.20 bits per heavy atom. The Kier molecular flexibility index (Phi) is 6.31. The largest absolute Gasteiger partial charge is 0.340 e. The fourth-order valence-electron chi connectivity index (χ4n) is 3.89. The first-order valence-electron chi connectivity index (χ1n) is 10.9. The highest BCUT2D eigenvalue weighted by Gasteiger charge is 2.35. The second-order valence-electron chi connectivity index (χ2n) is 9.69. The number of rotatable bonds is 5. The van der Waals surface area contributed by atoms with Gasteiger partial charge in [0.25, 0.3) is 5.56 Å². The highest BCUT2D eigenvalue weighted by atomic mass is 32.3. The van der Waals surface area contributed by atoms with Gasteiger partial charge in [-0.2, -0.15) is 0 Å². The van der Waals surface area contributed by atoms with E-state index < -0.39 is 29.3 Å². The molecule has 3 aromatic rings. The Balaban J connectivity index is 1.93. The second kappa shape index (κ2) is 8.72. The van der Waals surface area contributed by atoms with Gasteiger partial charge in [0.1, 0.15) is 16.6 Å². The molecule has 0 fully saturated rings. The molecule has 0 radical (unpaired) electrons. The summed E-state index contributed by atoms with van der Waals surface area (Å²) in [5, 5.41) is 5.82. The van der Waals surface area contributed by atoms with E-state index >= 15 is 0 Å². The monoisotopic (exact) mass is 523 g/mol. The van der Waals surface area contributed by atoms with Crippen LogP contribution in [0.4, 0.5) is 11.4 Å². The molecule has 1 aromatic carbocycles. The average Bonchev–Trinajstić information content (AvgIpc) is 3.22. The zero-order valence-corrected chi connectivity index (χ0v) is 21.9. The molecule has 0 amide bonds. The zero-order valence-electron chi connectivity index (χ0n) is 20.2. The molecule has 0 spiro atoms. The summed E-state index contributed by atoms with van der Waals surface area (Å²) < 4.78 is 44.1. The van der Waals surface area contributed by atoms with E-state index in [2.05, 4.69) is 35.9 Å². The molecule has 35 heavy (non-hydrogen) atoms. The molecule has 1 atom stereocenters. The molecule has 1 aliphatic rings. The summed E-state index contributed by atoms with van der Waals surface area (Å²) in [6.07, 6.45) is 3.58. The minimum atomic E-state index is -3.78. The van der Waals surface area contributed by atoms with Gasteiger partial charge in [0.05, 0.1) is 16.7 Å². The van der Waals surface area contributed by atoms with Crippen LogP contribution in [0.15, 0.2) is 46.1 Å². The molecule has 0 saturated heterocycles. The second-order valence-corrected chi connectivity index (χ2v) is 13.7. The SMILES string of the molecule is COP1(=O)NC(=c2c(=O)c3cccn3n(CCC(C)(C)C)c2=O)Nc2ccc(NS(C)(O)O)cc21. The maximum atomic E-state index is 13.7. The normalized spacial score (nSPS) is 20.2. The Bertz CT molecular complexity index is 1520. The minimum Gasteiger partial charge on any atom is -0.340 e. The third kappa shape index (κ3) is 4.98. The summed E-state index contributed by atoms with van der Waals surface area (Å²) in [4.78, 5) is 26.9. The van der Waals surface area contributed by atoms with Gasteiger partial charge in [-0.05, 0) is 42.2 Å². The zero-order chi connectivity index (χ0) is 25.8. The van der Waals surface area contributed by atoms with E-state index in [0.29, 0.717) is 29.9 Å². The van der Waals surface area contributed by atoms with Crippen molar-refractivity contribution in [1.82, 2.24) is 14.3 Å². The van der Waals surface area contributed by atoms with Gasteiger partial charge in [-0.25, -0.2) is 4.68 Å². The topological polar surface area (TPSA) is 146 Å². The molecule has 0 bridgehead atoms. The van der Waals surface area contributed by atoms with Crippen molar-refractivity contribution < 1.29 is 18.2 Å². The van der Waals surface area contributed by atoms with Crippen LogP contribution >= 0.6 is 18.3 Å². The summed E-state index contributed by atoms with van der Waals surface area (Å²) in [6, 6.07) is 7.91. The van der Waals surface area contributed by atoms with Gasteiger partial charge in [-0.1, -0.05) is 20.8 Å². The summed E-state index contributed by atoms with van der Waals surface area (Å²) in [6.45, 7) is 6.59. The van der Waals surface area contributed by atoms with Crippen LogP contribution < -0.4 is 36.6 Å². The highest BCUT2D eigenvalue weighted by Crippen LogP contribution is 2.47. The number of hydrogen-bond acceptors (Lipinski definition) is 8. The van der Waals surface area contributed by atoms with Gasteiger partial charge in [-0.3, -0.25) is 37.6 Å². The van der Waals surface area contributed by atoms with Gasteiger partial charge in [0.15, 0.2) is 0 Å². The van der Waals surface area contributed by atoms with Crippen LogP contribution in [0.25, 0.3) is 11.3 Å². The molecule has 11 nitrogen and oxygen atoms in total. The number of nitrogens with one attached hydrogen (secondary N) is 3. The molecule has 190 valence electrons. The quantitative estimate of drug-likeness (QED) is 0.319. The van der Waals surface area contributed by atoms with Crippen LogP contribution in [-0.4, -0.2) is 31.7 Å². The van der Waals surface area contributed by atoms with Gasteiger partial charge in [0, 0.05) is 26.1 Å². The van der Waals surface area contributed by atoms with Gasteiger partial charge in [0.2, 0.25) is 5.43 Å². The third-order valence-electron chi connectivity index (χ3n) is 5.62. The number of fused-ring (bicyclic) bond motifs is 2. The van der Waals surface area contributed by atoms with Gasteiger partial charge < -0.3 is 9.84 Å². The van der Waals surface area contributed by atoms with Crippen LogP contribution in [0.3, 0.4) is 0 Å². The smallest absolute Gasteiger partial charge is 0.326 e. The van der Waals surface area contributed by atoms with Crippen LogP contribution in [-0.2, 0) is 15.6 Å². The maximum Gasteiger partial charge on any atom is 0.326 e. The fraction of sp³-hybridized carbons (Fsp3) is 0.364. The van der Waals surface area contributed by atoms with Crippen molar-refractivity contribution in [1.29, 1.82) is 0 Å². The molecular formula is C22H30N5O6PS. The summed E-state index contributed by atoms with van der Waals surface area (Å²) in [5.41, 5.74) is -0.0818. The van der Waals surface area contributed by atoms with E-state index in [4.69, 9.17) is 4.52 Å². The summed E-state index contributed by atoms with van der Waals surface area (Å²) >= 11 is 0. The van der Waals surface area contributed by atoms with Crippen molar-refractivity contribution in [2.24, 2.45) is 5.41 Å². The minimum absolute atomic E-state index is 0.00798. The lowest BCUT2D eigenvalue weighted by Crippen LogP contribution is -2.52. The van der Waals surface area contributed by atoms with E-state index in [1.807, 2.05) is 0 Å². The van der Waals surface area contributed by atoms with E-state index in [1.165, 1.54) is 24.1 Å². The Morgan fingerprint density at radius 2 is 1.91 bits per heavy atom. The molecule has 0 aliphatic carbocycles. The molecule has 13 heteroatoms. The average molecular weight is 524 g/mol. The van der Waals surface area contributed by atoms with Crippen LogP contribution in [0.2, 0.25) is 0 Å². The van der Waals surface area contributed by atoms with E-state index in [9.17, 15) is 23.3 Å². The molecular weight excluding hydrogens is 493 g/mol. The number of aryl methyl sites for hydroxylation is 1. The van der Waals surface area contributed by atoms with Crippen LogP contribution in [0.1, 0.15) is 27.2 Å². The Morgan fingerprint density at radius 3 is 2.54 bits per heavy atom. The molecule has 4 rings (SSSR count). The van der Waals surface area contributed by atoms with Crippen molar-refractivity contribution in [3.63, 3.8) is 0 Å². The lowest BCUT2D eigenvalue weighted by Gasteiger charge is -2.32. The predicted molar refractivity (Wildman–Crippen MR) is 140 cm³/mol. The van der Waals surface area contributed by atoms with Crippen molar-refractivity contribution in [3.8, 4) is 0 Å². The number of nitrogens with zero attached hydrogens (tertiary/aromatic N) is 2. The molecule has 5 N–H and O–H groups in total. The van der Waals surface area contributed by atoms with Crippen molar-refractivity contribution in [2.75, 3.05) is 23.4 Å². The fourth-order valence-corrected chi connectivity index (χ4v) is 6.09. The summed E-state index contributed by atoms with van der Waals surface area (Å²) in [7, 11) is -5.59. The van der Waals surface area contributed by atoms with Gasteiger partial charge >= 0.3 is 7.52 Å². The predicted octanol–water partition coefficient (Wildman–Crippen LogP) is 2.57. The Hall–Kier alpha value is -2.76. The molecule has 3 heterocycles. The first kappa shape index (κ1) is 25.3. The summed E-state index contributed by atoms with van der Waals surface area (Å²) in [5.74, 6) is -0.00798. The van der Waals surface area contributed by atoms with Gasteiger partial charge in [-0.15, -0.1) is 10.8 Å². The van der Waals surface area contributed by atoms with Crippen molar-refractivity contribution in [3.05, 3.63) is 62.3 Å². The van der Waals surface area contributed by atoms with Crippen molar-refractivity contribution >= 4 is 46.3 Å². The first-order valence-corrected chi connectivity index (χ1v) is 14.5. The lowest BCUT2D eigenvalue weighted by atomic mass is 9.92. The molecule has 0 saturated carbocycles. The van der Waals surface area contributed by atoms with Crippen LogP contribution in [0.5, 0.6) is 0 Å². The third-order valence-corrected chi connectivity index (χ3v) is 8.28. The first-order chi connectivity index (χ1) is 16.2. The van der Waals surface area contributed by atoms with Crippen LogP contribution in [0, 0.1) is 5.41 Å². The molecule has 1 unspecified atom stereocenters. The van der Waals surface area contributed by atoms with E-state index in [0.717, 1.165) is 0 Å². The number of anilines is 2. The lowest BCUT2D eigenvalue weighted by molar-refractivity contribution is 0.331. The number of aromatic nitrogens is 2. The highest BCUT2D eigenvalue weighted by molar-refractivity contribution is 8.24. The molecule has 1 aliphatic heterocycles. The van der Waals surface area contributed by atoms with E-state index in [1.54, 1.807) is 35.0 Å². The number of benzene rings is 1. The molecule has 2 aromatic heterocycles. The maximum absolute atomic E-state index is 13.7.